The molecule has 2 rings (SSSR count). The van der Waals surface area contributed by atoms with Gasteiger partial charge < -0.3 is 10.0 Å². The minimum atomic E-state index is -0.230. The average Bonchev–Trinajstić information content (AvgIpc) is 2.22. The van der Waals surface area contributed by atoms with Gasteiger partial charge in [0.15, 0.2) is 0 Å². The molecule has 1 aromatic carbocycles. The monoisotopic (exact) mass is 239 g/mol. The fourth-order valence-electron chi connectivity index (χ4n) is 2.30. The maximum absolute atomic E-state index is 9.77. The molecular formula is C13H18ClNO. The molecule has 1 aromatic rings. The Balaban J connectivity index is 2.30. The van der Waals surface area contributed by atoms with Crippen molar-refractivity contribution in [2.45, 2.75) is 38.3 Å². The van der Waals surface area contributed by atoms with Crippen LogP contribution in [0.1, 0.15) is 26.7 Å². The van der Waals surface area contributed by atoms with E-state index in [0.29, 0.717) is 6.54 Å². The summed E-state index contributed by atoms with van der Waals surface area (Å²) in [6.45, 7) is 5.10. The average molecular weight is 240 g/mol. The van der Waals surface area contributed by atoms with Gasteiger partial charge >= 0.3 is 0 Å². The van der Waals surface area contributed by atoms with Gasteiger partial charge in [-0.05, 0) is 44.9 Å². The van der Waals surface area contributed by atoms with Crippen LogP contribution in [0.5, 0.6) is 0 Å². The lowest BCUT2D eigenvalue weighted by Crippen LogP contribution is -2.52. The van der Waals surface area contributed by atoms with Crippen LogP contribution in [-0.2, 0) is 0 Å². The summed E-state index contributed by atoms with van der Waals surface area (Å²) in [5, 5.41) is 10.5. The van der Waals surface area contributed by atoms with Crippen molar-refractivity contribution in [3.63, 3.8) is 0 Å². The Morgan fingerprint density at radius 3 is 2.88 bits per heavy atom. The standard InChI is InChI=1S/C13H18ClNO/c1-13(2)7-6-12(16)9-15(13)11-5-3-4-10(14)8-11/h3-5,8,12,16H,6-7,9H2,1-2H3. The zero-order chi connectivity index (χ0) is 11.8. The number of hydrogen-bond donors (Lipinski definition) is 1. The molecule has 0 aliphatic carbocycles. The predicted molar refractivity (Wildman–Crippen MR) is 68.1 cm³/mol. The Bertz CT molecular complexity index is 378. The third-order valence-electron chi connectivity index (χ3n) is 3.33. The van der Waals surface area contributed by atoms with E-state index in [4.69, 9.17) is 11.6 Å². The van der Waals surface area contributed by atoms with Crippen LogP contribution in [0.4, 0.5) is 5.69 Å². The highest BCUT2D eigenvalue weighted by Gasteiger charge is 2.33. The van der Waals surface area contributed by atoms with E-state index in [-0.39, 0.29) is 11.6 Å². The summed E-state index contributed by atoms with van der Waals surface area (Å²) in [5.41, 5.74) is 1.18. The van der Waals surface area contributed by atoms with Gasteiger partial charge in [-0.15, -0.1) is 0 Å². The molecule has 1 unspecified atom stereocenters. The molecule has 0 spiro atoms. The van der Waals surface area contributed by atoms with Crippen molar-refractivity contribution >= 4 is 17.3 Å². The first-order valence-corrected chi connectivity index (χ1v) is 6.08. The maximum Gasteiger partial charge on any atom is 0.0716 e. The first-order chi connectivity index (χ1) is 7.49. The molecule has 0 saturated carbocycles. The minimum absolute atomic E-state index is 0.0872. The van der Waals surface area contributed by atoms with Crippen molar-refractivity contribution in [2.24, 2.45) is 0 Å². The molecule has 1 saturated heterocycles. The van der Waals surface area contributed by atoms with Gasteiger partial charge in [-0.3, -0.25) is 0 Å². The quantitative estimate of drug-likeness (QED) is 0.814. The second-order valence-corrected chi connectivity index (χ2v) is 5.53. The van der Waals surface area contributed by atoms with Crippen molar-refractivity contribution < 1.29 is 5.11 Å². The van der Waals surface area contributed by atoms with Crippen LogP contribution >= 0.6 is 11.6 Å². The topological polar surface area (TPSA) is 23.5 Å². The molecule has 1 aliphatic heterocycles. The Morgan fingerprint density at radius 2 is 2.19 bits per heavy atom. The van der Waals surface area contributed by atoms with Gasteiger partial charge in [-0.1, -0.05) is 17.7 Å². The number of aliphatic hydroxyl groups is 1. The molecule has 88 valence electrons. The molecule has 1 heterocycles. The van der Waals surface area contributed by atoms with Crippen molar-refractivity contribution in [1.29, 1.82) is 0 Å². The number of benzene rings is 1. The first-order valence-electron chi connectivity index (χ1n) is 5.70. The van der Waals surface area contributed by atoms with E-state index in [2.05, 4.69) is 18.7 Å². The molecule has 0 bridgehead atoms. The van der Waals surface area contributed by atoms with Crippen LogP contribution < -0.4 is 4.90 Å². The van der Waals surface area contributed by atoms with Crippen LogP contribution in [0.15, 0.2) is 24.3 Å². The Morgan fingerprint density at radius 1 is 1.44 bits per heavy atom. The van der Waals surface area contributed by atoms with Gasteiger partial charge in [0.25, 0.3) is 0 Å². The normalized spacial score (nSPS) is 24.5. The predicted octanol–water partition coefficient (Wildman–Crippen LogP) is 3.08. The summed E-state index contributed by atoms with van der Waals surface area (Å²) in [4.78, 5) is 2.24. The fourth-order valence-corrected chi connectivity index (χ4v) is 2.49. The third-order valence-corrected chi connectivity index (χ3v) is 3.57. The molecular weight excluding hydrogens is 222 g/mol. The Hall–Kier alpha value is -0.730. The van der Waals surface area contributed by atoms with Gasteiger partial charge in [0.2, 0.25) is 0 Å². The summed E-state index contributed by atoms with van der Waals surface area (Å²) in [6.07, 6.45) is 1.65. The molecule has 16 heavy (non-hydrogen) atoms. The van der Waals surface area contributed by atoms with Crippen LogP contribution in [0, 0.1) is 0 Å². The summed E-state index contributed by atoms with van der Waals surface area (Å²) in [7, 11) is 0. The van der Waals surface area contributed by atoms with Crippen LogP contribution in [0.3, 0.4) is 0 Å². The van der Waals surface area contributed by atoms with Crippen LogP contribution in [0.2, 0.25) is 5.02 Å². The Kier molecular flexibility index (Phi) is 3.13. The number of hydrogen-bond acceptors (Lipinski definition) is 2. The minimum Gasteiger partial charge on any atom is -0.391 e. The number of anilines is 1. The van der Waals surface area contributed by atoms with E-state index in [0.717, 1.165) is 23.6 Å². The number of aliphatic hydroxyl groups excluding tert-OH is 1. The van der Waals surface area contributed by atoms with Crippen molar-refractivity contribution in [3.05, 3.63) is 29.3 Å². The largest absolute Gasteiger partial charge is 0.391 e. The van der Waals surface area contributed by atoms with Crippen LogP contribution in [0.25, 0.3) is 0 Å². The number of nitrogens with zero attached hydrogens (tertiary/aromatic N) is 1. The second-order valence-electron chi connectivity index (χ2n) is 5.10. The second kappa shape index (κ2) is 4.27. The zero-order valence-corrected chi connectivity index (χ0v) is 10.5. The number of piperidine rings is 1. The first kappa shape index (κ1) is 11.7. The van der Waals surface area contributed by atoms with E-state index in [1.807, 2.05) is 24.3 Å². The zero-order valence-electron chi connectivity index (χ0n) is 9.78. The highest BCUT2D eigenvalue weighted by Crippen LogP contribution is 2.33. The molecule has 0 aromatic heterocycles. The van der Waals surface area contributed by atoms with Gasteiger partial charge in [0.1, 0.15) is 0 Å². The van der Waals surface area contributed by atoms with Gasteiger partial charge in [-0.25, -0.2) is 0 Å². The van der Waals surface area contributed by atoms with Crippen molar-refractivity contribution in [2.75, 3.05) is 11.4 Å². The highest BCUT2D eigenvalue weighted by molar-refractivity contribution is 6.30. The molecule has 0 amide bonds. The van der Waals surface area contributed by atoms with Crippen molar-refractivity contribution in [3.8, 4) is 0 Å². The van der Waals surface area contributed by atoms with E-state index < -0.39 is 0 Å². The van der Waals surface area contributed by atoms with Gasteiger partial charge in [0.05, 0.1) is 6.10 Å². The summed E-state index contributed by atoms with van der Waals surface area (Å²) >= 11 is 6.00. The smallest absolute Gasteiger partial charge is 0.0716 e. The molecule has 2 nitrogen and oxygen atoms in total. The summed E-state index contributed by atoms with van der Waals surface area (Å²) in [5.74, 6) is 0. The number of rotatable bonds is 1. The third kappa shape index (κ3) is 2.33. The molecule has 1 fully saturated rings. The lowest BCUT2D eigenvalue weighted by atomic mass is 9.88. The van der Waals surface area contributed by atoms with E-state index >= 15 is 0 Å². The number of halogens is 1. The molecule has 0 radical (unpaired) electrons. The molecule has 1 N–H and O–H groups in total. The van der Waals surface area contributed by atoms with Gasteiger partial charge in [0, 0.05) is 22.8 Å². The lowest BCUT2D eigenvalue weighted by Gasteiger charge is -2.46. The van der Waals surface area contributed by atoms with E-state index in [1.54, 1.807) is 0 Å². The molecule has 1 aliphatic rings. The molecule has 3 heteroatoms. The Labute approximate surface area is 102 Å². The maximum atomic E-state index is 9.77. The summed E-state index contributed by atoms with van der Waals surface area (Å²) in [6, 6.07) is 7.83. The molecule has 1 atom stereocenters. The lowest BCUT2D eigenvalue weighted by molar-refractivity contribution is 0.126. The SMILES string of the molecule is CC1(C)CCC(O)CN1c1cccc(Cl)c1. The van der Waals surface area contributed by atoms with E-state index in [1.165, 1.54) is 0 Å². The highest BCUT2D eigenvalue weighted by atomic mass is 35.5. The summed E-state index contributed by atoms with van der Waals surface area (Å²) < 4.78 is 0. The van der Waals surface area contributed by atoms with Crippen molar-refractivity contribution in [1.82, 2.24) is 0 Å². The number of β-amino-alcohol motifs (C(OH)–C–C–N with tert-alkyl or cyclic N) is 1. The fraction of sp³-hybridized carbons (Fsp3) is 0.538. The van der Waals surface area contributed by atoms with Gasteiger partial charge in [-0.2, -0.15) is 0 Å². The van der Waals surface area contributed by atoms with Crippen LogP contribution in [-0.4, -0.2) is 23.3 Å². The van der Waals surface area contributed by atoms with E-state index in [9.17, 15) is 5.11 Å².